The number of sulfone groups is 1. The van der Waals surface area contributed by atoms with Crippen molar-refractivity contribution in [3.63, 3.8) is 0 Å². The fourth-order valence-electron chi connectivity index (χ4n) is 2.16. The van der Waals surface area contributed by atoms with E-state index in [0.717, 1.165) is 11.8 Å². The number of Topliss-reactive ketones (excluding diaryl/α,β-unsaturated/α-hetero) is 1. The monoisotopic (exact) mass is 421 g/mol. The normalized spacial score (nSPS) is 11.8. The Morgan fingerprint density at radius 3 is 2.25 bits per heavy atom. The molecule has 0 bridgehead atoms. The number of alkyl carbamates (subject to hydrolysis) is 1. The standard InChI is InChI=1S/C18H19N3O5S2/c1-11(22)12-4-6-13(7-5-12)28(24,25)14-8-9-15(19)16(10-14)20-17(27-3)21-18(23)26-2/h4-10H,19H2,1-3H3,(H,20,21,23). The molecule has 0 aliphatic heterocycles. The van der Waals surface area contributed by atoms with Gasteiger partial charge in [0.25, 0.3) is 0 Å². The summed E-state index contributed by atoms with van der Waals surface area (Å²) in [7, 11) is -2.63. The highest BCUT2D eigenvalue weighted by Crippen LogP contribution is 2.30. The number of hydrogen-bond donors (Lipinski definition) is 2. The van der Waals surface area contributed by atoms with E-state index in [4.69, 9.17) is 5.73 Å². The predicted octanol–water partition coefficient (Wildman–Crippen LogP) is 3.01. The van der Waals surface area contributed by atoms with E-state index in [2.05, 4.69) is 15.0 Å². The maximum absolute atomic E-state index is 12.9. The molecule has 0 fully saturated rings. The smallest absolute Gasteiger partial charge is 0.412 e. The summed E-state index contributed by atoms with van der Waals surface area (Å²) in [6.07, 6.45) is 0.975. The summed E-state index contributed by atoms with van der Waals surface area (Å²) >= 11 is 1.13. The number of benzene rings is 2. The number of hydrogen-bond acceptors (Lipinski definition) is 8. The topological polar surface area (TPSA) is 128 Å². The molecule has 1 amide bonds. The second kappa shape index (κ2) is 8.89. The van der Waals surface area contributed by atoms with E-state index >= 15 is 0 Å². The van der Waals surface area contributed by atoms with Gasteiger partial charge in [0.15, 0.2) is 11.0 Å². The van der Waals surface area contributed by atoms with Crippen molar-refractivity contribution in [3.05, 3.63) is 48.0 Å². The van der Waals surface area contributed by atoms with Crippen molar-refractivity contribution < 1.29 is 22.7 Å². The summed E-state index contributed by atoms with van der Waals surface area (Å²) in [6, 6.07) is 9.77. The lowest BCUT2D eigenvalue weighted by molar-refractivity contribution is 0.101. The third-order valence-electron chi connectivity index (χ3n) is 3.69. The van der Waals surface area contributed by atoms with Crippen LogP contribution in [0.4, 0.5) is 16.2 Å². The molecule has 0 spiro atoms. The molecule has 0 heterocycles. The molecule has 0 unspecified atom stereocenters. The Labute approximate surface area is 167 Å². The third kappa shape index (κ3) is 4.90. The second-order valence-corrected chi connectivity index (χ2v) is 8.29. The number of nitrogens with zero attached hydrogens (tertiary/aromatic N) is 1. The number of nitrogens with one attached hydrogen (secondary N) is 1. The number of amides is 1. The zero-order valence-corrected chi connectivity index (χ0v) is 17.1. The van der Waals surface area contributed by atoms with Crippen LogP contribution in [-0.4, -0.2) is 38.8 Å². The first-order valence-electron chi connectivity index (χ1n) is 7.92. The van der Waals surface area contributed by atoms with Crippen LogP contribution in [-0.2, 0) is 14.6 Å². The number of carbonyl (C=O) groups is 2. The summed E-state index contributed by atoms with van der Waals surface area (Å²) in [6.45, 7) is 1.40. The lowest BCUT2D eigenvalue weighted by atomic mass is 10.2. The minimum Gasteiger partial charge on any atom is -0.453 e. The number of nitrogens with two attached hydrogens (primary N) is 1. The van der Waals surface area contributed by atoms with E-state index in [9.17, 15) is 18.0 Å². The van der Waals surface area contributed by atoms with Crippen LogP contribution in [0.2, 0.25) is 0 Å². The number of rotatable bonds is 4. The molecular formula is C18H19N3O5S2. The van der Waals surface area contributed by atoms with Crippen LogP contribution in [0.3, 0.4) is 0 Å². The van der Waals surface area contributed by atoms with Crippen molar-refractivity contribution in [3.8, 4) is 0 Å². The first-order chi connectivity index (χ1) is 13.2. The molecule has 0 aliphatic rings. The Bertz CT molecular complexity index is 1030. The largest absolute Gasteiger partial charge is 0.453 e. The van der Waals surface area contributed by atoms with E-state index in [1.54, 1.807) is 6.26 Å². The molecule has 8 nitrogen and oxygen atoms in total. The number of thioether (sulfide) groups is 1. The summed E-state index contributed by atoms with van der Waals surface area (Å²) in [4.78, 5) is 27.0. The SMILES string of the molecule is COC(=O)NC(=Nc1cc(S(=O)(=O)c2ccc(C(C)=O)cc2)ccc1N)SC. The number of aliphatic imine (C=N–C) groups is 1. The maximum Gasteiger partial charge on any atom is 0.412 e. The van der Waals surface area contributed by atoms with Crippen molar-refractivity contribution >= 4 is 50.0 Å². The number of anilines is 1. The first kappa shape index (κ1) is 21.5. The zero-order valence-electron chi connectivity index (χ0n) is 15.4. The molecule has 0 aromatic heterocycles. The van der Waals surface area contributed by atoms with Gasteiger partial charge in [0.2, 0.25) is 9.84 Å². The van der Waals surface area contributed by atoms with Crippen molar-refractivity contribution in [1.82, 2.24) is 5.32 Å². The number of amidine groups is 1. The van der Waals surface area contributed by atoms with Crippen molar-refractivity contribution in [2.45, 2.75) is 16.7 Å². The maximum atomic E-state index is 12.9. The second-order valence-electron chi connectivity index (χ2n) is 5.54. The fourth-order valence-corrected chi connectivity index (χ4v) is 3.82. The summed E-state index contributed by atoms with van der Waals surface area (Å²) in [5.41, 5.74) is 6.74. The molecule has 3 N–H and O–H groups in total. The Morgan fingerprint density at radius 2 is 1.71 bits per heavy atom. The van der Waals surface area contributed by atoms with E-state index < -0.39 is 15.9 Å². The quantitative estimate of drug-likeness (QED) is 0.336. The van der Waals surface area contributed by atoms with E-state index in [1.165, 1.54) is 56.5 Å². The van der Waals surface area contributed by atoms with Gasteiger partial charge in [-0.3, -0.25) is 10.1 Å². The minimum atomic E-state index is -3.85. The van der Waals surface area contributed by atoms with Crippen molar-refractivity contribution in [1.29, 1.82) is 0 Å². The molecule has 148 valence electrons. The lowest BCUT2D eigenvalue weighted by Gasteiger charge is -2.09. The summed E-state index contributed by atoms with van der Waals surface area (Å²) < 4.78 is 30.3. The van der Waals surface area contributed by atoms with Gasteiger partial charge >= 0.3 is 6.09 Å². The van der Waals surface area contributed by atoms with Crippen LogP contribution in [0.5, 0.6) is 0 Å². The van der Waals surface area contributed by atoms with Crippen LogP contribution in [0, 0.1) is 0 Å². The number of carbonyl (C=O) groups excluding carboxylic acids is 2. The van der Waals surface area contributed by atoms with Gasteiger partial charge in [-0.1, -0.05) is 23.9 Å². The van der Waals surface area contributed by atoms with Crippen LogP contribution in [0.1, 0.15) is 17.3 Å². The molecule has 2 rings (SSSR count). The van der Waals surface area contributed by atoms with Crippen LogP contribution < -0.4 is 11.1 Å². The number of methoxy groups -OCH3 is 1. The van der Waals surface area contributed by atoms with Gasteiger partial charge in [-0.05, 0) is 43.5 Å². The van der Waals surface area contributed by atoms with Gasteiger partial charge in [0.05, 0.1) is 28.3 Å². The zero-order chi connectivity index (χ0) is 20.9. The van der Waals surface area contributed by atoms with Gasteiger partial charge in [-0.2, -0.15) is 0 Å². The Hall–Kier alpha value is -2.85. The average molecular weight is 422 g/mol. The van der Waals surface area contributed by atoms with Crippen molar-refractivity contribution in [2.24, 2.45) is 4.99 Å². The van der Waals surface area contributed by atoms with E-state index in [-0.39, 0.29) is 32.1 Å². The number of ether oxygens (including phenoxy) is 1. The Balaban J connectivity index is 2.45. The van der Waals surface area contributed by atoms with Gasteiger partial charge < -0.3 is 10.5 Å². The molecule has 2 aromatic rings. The molecular weight excluding hydrogens is 402 g/mol. The molecule has 2 aromatic carbocycles. The first-order valence-corrected chi connectivity index (χ1v) is 10.6. The number of nitrogen functional groups attached to an aromatic ring is 1. The molecule has 0 atom stereocenters. The third-order valence-corrected chi connectivity index (χ3v) is 6.04. The summed E-state index contributed by atoms with van der Waals surface area (Å²) in [5, 5.41) is 2.61. The van der Waals surface area contributed by atoms with Crippen LogP contribution in [0.15, 0.2) is 57.2 Å². The lowest BCUT2D eigenvalue weighted by Crippen LogP contribution is -2.27. The highest BCUT2D eigenvalue weighted by molar-refractivity contribution is 8.13. The molecule has 0 saturated heterocycles. The molecule has 0 radical (unpaired) electrons. The highest BCUT2D eigenvalue weighted by Gasteiger charge is 2.19. The van der Waals surface area contributed by atoms with Crippen molar-refractivity contribution in [2.75, 3.05) is 19.1 Å². The molecule has 10 heteroatoms. The fraction of sp³-hybridized carbons (Fsp3) is 0.167. The van der Waals surface area contributed by atoms with Crippen LogP contribution >= 0.6 is 11.8 Å². The van der Waals surface area contributed by atoms with E-state index in [0.29, 0.717) is 5.56 Å². The predicted molar refractivity (Wildman–Crippen MR) is 109 cm³/mol. The molecule has 28 heavy (non-hydrogen) atoms. The summed E-state index contributed by atoms with van der Waals surface area (Å²) in [5.74, 6) is -0.157. The van der Waals surface area contributed by atoms with Gasteiger partial charge in [0.1, 0.15) is 0 Å². The van der Waals surface area contributed by atoms with Gasteiger partial charge in [-0.15, -0.1) is 0 Å². The molecule has 0 saturated carbocycles. The van der Waals surface area contributed by atoms with Crippen LogP contribution in [0.25, 0.3) is 0 Å². The Morgan fingerprint density at radius 1 is 1.11 bits per heavy atom. The van der Waals surface area contributed by atoms with Gasteiger partial charge in [-0.25, -0.2) is 18.2 Å². The highest BCUT2D eigenvalue weighted by atomic mass is 32.2. The number of ketones is 1. The minimum absolute atomic E-state index is 0.0189. The molecule has 0 aliphatic carbocycles. The average Bonchev–Trinajstić information content (AvgIpc) is 2.68. The van der Waals surface area contributed by atoms with Gasteiger partial charge in [0, 0.05) is 5.56 Å². The van der Waals surface area contributed by atoms with E-state index in [1.807, 2.05) is 0 Å². The Kier molecular flexibility index (Phi) is 6.81.